The van der Waals surface area contributed by atoms with Crippen molar-refractivity contribution in [2.45, 2.75) is 32.0 Å². The Morgan fingerprint density at radius 2 is 1.92 bits per heavy atom. The van der Waals surface area contributed by atoms with E-state index in [1.54, 1.807) is 24.3 Å². The first-order valence-corrected chi connectivity index (χ1v) is 8.45. The van der Waals surface area contributed by atoms with Gasteiger partial charge in [-0.15, -0.1) is 0 Å². The molecule has 8 nitrogen and oxygen atoms in total. The molecule has 0 saturated carbocycles. The van der Waals surface area contributed by atoms with Gasteiger partial charge < -0.3 is 19.5 Å². The molecule has 24 heavy (non-hydrogen) atoms. The second kappa shape index (κ2) is 7.31. The van der Waals surface area contributed by atoms with Gasteiger partial charge in [0.05, 0.1) is 18.5 Å². The maximum absolute atomic E-state index is 12.4. The van der Waals surface area contributed by atoms with Crippen LogP contribution in [0, 0.1) is 0 Å². The van der Waals surface area contributed by atoms with E-state index in [-0.39, 0.29) is 17.9 Å². The number of aliphatic hydroxyl groups is 1. The Bertz CT molecular complexity index is 568. The third-order valence-corrected chi connectivity index (χ3v) is 4.98. The molecule has 1 N–H and O–H groups in total. The predicted octanol–water partition coefficient (Wildman–Crippen LogP) is -0.991. The molecule has 0 aliphatic carbocycles. The number of nitrogens with zero attached hydrogens (tertiary/aromatic N) is 5. The molecule has 132 valence electrons. The summed E-state index contributed by atoms with van der Waals surface area (Å²) in [5.74, 6) is 0.158. The molecule has 3 rings (SSSR count). The van der Waals surface area contributed by atoms with Crippen LogP contribution in [0.4, 0.5) is 0 Å². The lowest BCUT2D eigenvalue weighted by Gasteiger charge is -2.38. The third-order valence-electron chi connectivity index (χ3n) is 4.98. The topological polar surface area (TPSA) is 81.9 Å². The van der Waals surface area contributed by atoms with Crippen LogP contribution in [-0.2, 0) is 16.1 Å². The van der Waals surface area contributed by atoms with Gasteiger partial charge in [-0.05, 0) is 0 Å². The highest BCUT2D eigenvalue weighted by Crippen LogP contribution is 2.19. The quantitative estimate of drug-likeness (QED) is 0.764. The van der Waals surface area contributed by atoms with Gasteiger partial charge in [-0.3, -0.25) is 14.5 Å². The summed E-state index contributed by atoms with van der Waals surface area (Å²) < 4.78 is 1.88. The number of piperazine rings is 1. The maximum atomic E-state index is 12.4. The number of hydrogen-bond acceptors (Lipinski definition) is 5. The predicted molar refractivity (Wildman–Crippen MR) is 87.0 cm³/mol. The molecule has 2 aliphatic heterocycles. The Morgan fingerprint density at radius 3 is 2.54 bits per heavy atom. The number of hydrogen-bond donors (Lipinski definition) is 1. The van der Waals surface area contributed by atoms with Crippen LogP contribution in [0.5, 0.6) is 0 Å². The molecule has 1 aromatic rings. The Hall–Kier alpha value is -1.93. The fourth-order valence-electron chi connectivity index (χ4n) is 3.50. The van der Waals surface area contributed by atoms with Crippen LogP contribution in [0.1, 0.15) is 13.3 Å². The minimum atomic E-state index is -0.522. The average Bonchev–Trinajstić information content (AvgIpc) is 3.22. The van der Waals surface area contributed by atoms with Crippen molar-refractivity contribution in [3.8, 4) is 0 Å². The third kappa shape index (κ3) is 3.76. The molecule has 2 amide bonds. The zero-order chi connectivity index (χ0) is 17.1. The van der Waals surface area contributed by atoms with Crippen molar-refractivity contribution in [3.63, 3.8) is 0 Å². The van der Waals surface area contributed by atoms with E-state index in [4.69, 9.17) is 0 Å². The lowest BCUT2D eigenvalue weighted by Crippen LogP contribution is -2.54. The fraction of sp³-hybridized carbons (Fsp3) is 0.688. The summed E-state index contributed by atoms with van der Waals surface area (Å²) in [6.07, 6.45) is 5.12. The number of amides is 2. The number of carbonyl (C=O) groups excluding carboxylic acids is 2. The van der Waals surface area contributed by atoms with Crippen molar-refractivity contribution in [3.05, 3.63) is 18.7 Å². The molecule has 2 saturated heterocycles. The lowest BCUT2D eigenvalue weighted by atomic mass is 10.1. The zero-order valence-electron chi connectivity index (χ0n) is 14.0. The number of rotatable bonds is 4. The van der Waals surface area contributed by atoms with Crippen LogP contribution in [-0.4, -0.2) is 92.6 Å². The largest absolute Gasteiger partial charge is 0.390 e. The Balaban J connectivity index is 1.49. The summed E-state index contributed by atoms with van der Waals surface area (Å²) in [5.41, 5.74) is 0. The Labute approximate surface area is 141 Å². The Kier molecular flexibility index (Phi) is 5.15. The number of aromatic nitrogens is 2. The summed E-state index contributed by atoms with van der Waals surface area (Å²) >= 11 is 0. The smallest absolute Gasteiger partial charge is 0.224 e. The van der Waals surface area contributed by atoms with Gasteiger partial charge in [-0.25, -0.2) is 4.98 Å². The summed E-state index contributed by atoms with van der Waals surface area (Å²) in [4.78, 5) is 33.5. The highest BCUT2D eigenvalue weighted by Gasteiger charge is 2.38. The molecule has 2 aliphatic rings. The van der Waals surface area contributed by atoms with Crippen LogP contribution in [0.15, 0.2) is 18.7 Å². The minimum Gasteiger partial charge on any atom is -0.390 e. The van der Waals surface area contributed by atoms with Crippen molar-refractivity contribution in [1.29, 1.82) is 0 Å². The van der Waals surface area contributed by atoms with Gasteiger partial charge in [0.25, 0.3) is 0 Å². The van der Waals surface area contributed by atoms with E-state index < -0.39 is 6.10 Å². The second-order valence-electron chi connectivity index (χ2n) is 6.53. The van der Waals surface area contributed by atoms with Crippen molar-refractivity contribution < 1.29 is 14.7 Å². The normalized spacial score (nSPS) is 25.2. The molecule has 3 heterocycles. The van der Waals surface area contributed by atoms with Crippen LogP contribution in [0.2, 0.25) is 0 Å². The summed E-state index contributed by atoms with van der Waals surface area (Å²) in [6.45, 7) is 6.01. The number of likely N-dealkylation sites (tertiary alicyclic amines) is 1. The zero-order valence-corrected chi connectivity index (χ0v) is 14.0. The van der Waals surface area contributed by atoms with Crippen LogP contribution in [0.25, 0.3) is 0 Å². The standard InChI is InChI=1S/C16H25N5O3/c1-13(22)19-6-8-20(9-7-19)14-10-21(11-15(14)23)16(24)2-4-18-5-3-17-12-18/h3,5,12,14-15,23H,2,4,6-11H2,1H3/t14-,15-/m1/s1. The SMILES string of the molecule is CC(=O)N1CCN([C@@H]2CN(C(=O)CCn3ccnc3)C[C@H]2O)CC1. The van der Waals surface area contributed by atoms with Crippen LogP contribution < -0.4 is 0 Å². The van der Waals surface area contributed by atoms with E-state index in [1.165, 1.54) is 0 Å². The number of β-amino-alcohol motifs (C(OH)–C–C–N with tert-alkyl or cyclic N) is 1. The average molecular weight is 335 g/mol. The first-order valence-electron chi connectivity index (χ1n) is 8.45. The van der Waals surface area contributed by atoms with E-state index in [0.29, 0.717) is 39.1 Å². The van der Waals surface area contributed by atoms with Gasteiger partial charge in [0.2, 0.25) is 11.8 Å². The van der Waals surface area contributed by atoms with Crippen LogP contribution in [0.3, 0.4) is 0 Å². The van der Waals surface area contributed by atoms with E-state index in [0.717, 1.165) is 13.1 Å². The maximum Gasteiger partial charge on any atom is 0.224 e. The van der Waals surface area contributed by atoms with Crippen molar-refractivity contribution in [2.24, 2.45) is 0 Å². The molecule has 0 bridgehead atoms. The molecular formula is C16H25N5O3. The fourth-order valence-corrected chi connectivity index (χ4v) is 3.50. The molecule has 2 atom stereocenters. The van der Waals surface area contributed by atoms with E-state index in [9.17, 15) is 14.7 Å². The first kappa shape index (κ1) is 16.9. The molecule has 0 spiro atoms. The molecule has 0 aromatic carbocycles. The number of aryl methyl sites for hydroxylation is 1. The summed E-state index contributed by atoms with van der Waals surface area (Å²) in [5, 5.41) is 10.4. The molecule has 0 radical (unpaired) electrons. The number of carbonyl (C=O) groups is 2. The van der Waals surface area contributed by atoms with Gasteiger partial charge >= 0.3 is 0 Å². The highest BCUT2D eigenvalue weighted by atomic mass is 16.3. The first-order chi connectivity index (χ1) is 11.5. The van der Waals surface area contributed by atoms with Gasteiger partial charge in [0.1, 0.15) is 0 Å². The van der Waals surface area contributed by atoms with E-state index in [1.807, 2.05) is 15.7 Å². The highest BCUT2D eigenvalue weighted by molar-refractivity contribution is 5.76. The van der Waals surface area contributed by atoms with Crippen molar-refractivity contribution in [1.82, 2.24) is 24.3 Å². The summed E-state index contributed by atoms with van der Waals surface area (Å²) in [7, 11) is 0. The summed E-state index contributed by atoms with van der Waals surface area (Å²) in [6, 6.07) is -0.0312. The molecule has 1 aromatic heterocycles. The number of imidazole rings is 1. The van der Waals surface area contributed by atoms with Gasteiger partial charge in [-0.2, -0.15) is 0 Å². The molecule has 2 fully saturated rings. The van der Waals surface area contributed by atoms with Crippen LogP contribution >= 0.6 is 0 Å². The van der Waals surface area contributed by atoms with Gasteiger partial charge in [0.15, 0.2) is 0 Å². The van der Waals surface area contributed by atoms with Crippen molar-refractivity contribution in [2.75, 3.05) is 39.3 Å². The van der Waals surface area contributed by atoms with Crippen molar-refractivity contribution >= 4 is 11.8 Å². The second-order valence-corrected chi connectivity index (χ2v) is 6.53. The van der Waals surface area contributed by atoms with E-state index in [2.05, 4.69) is 9.88 Å². The molecule has 8 heteroatoms. The Morgan fingerprint density at radius 1 is 1.17 bits per heavy atom. The molecular weight excluding hydrogens is 310 g/mol. The van der Waals surface area contributed by atoms with Gasteiger partial charge in [-0.1, -0.05) is 0 Å². The number of aliphatic hydroxyl groups excluding tert-OH is 1. The lowest BCUT2D eigenvalue weighted by molar-refractivity contribution is -0.131. The minimum absolute atomic E-state index is 0.0312. The van der Waals surface area contributed by atoms with Gasteiger partial charge in [0, 0.05) is 71.6 Å². The molecule has 0 unspecified atom stereocenters. The monoisotopic (exact) mass is 335 g/mol. The van der Waals surface area contributed by atoms with E-state index >= 15 is 0 Å².